The van der Waals surface area contributed by atoms with Gasteiger partial charge in [0.25, 0.3) is 0 Å². The van der Waals surface area contributed by atoms with Gasteiger partial charge in [0.2, 0.25) is 0 Å². The van der Waals surface area contributed by atoms with Gasteiger partial charge in [-0.25, -0.2) is 13.6 Å². The highest BCUT2D eigenvalue weighted by molar-refractivity contribution is 5.80. The first-order chi connectivity index (χ1) is 15.6. The highest BCUT2D eigenvalue weighted by Crippen LogP contribution is 2.35. The number of aromatic nitrogens is 4. The Labute approximate surface area is 184 Å². The number of hydrogen-bond donors (Lipinski definition) is 1. The van der Waals surface area contributed by atoms with Crippen LogP contribution < -0.4 is 10.4 Å². The minimum Gasteiger partial charge on any atom is -0.480 e. The van der Waals surface area contributed by atoms with Crippen molar-refractivity contribution < 1.29 is 31.8 Å². The zero-order chi connectivity index (χ0) is 24.3. The van der Waals surface area contributed by atoms with Crippen molar-refractivity contribution in [2.75, 3.05) is 0 Å². The number of rotatable bonds is 7. The third-order valence-corrected chi connectivity index (χ3v) is 4.67. The molecule has 0 amide bonds. The molecule has 0 aliphatic rings. The number of nitrogens with zero attached hydrogens (tertiary/aromatic N) is 4. The van der Waals surface area contributed by atoms with Gasteiger partial charge in [-0.2, -0.15) is 17.9 Å². The Morgan fingerprint density at radius 1 is 1.33 bits per heavy atom. The molecule has 0 bridgehead atoms. The van der Waals surface area contributed by atoms with E-state index in [1.807, 2.05) is 0 Å². The first-order valence-corrected chi connectivity index (χ1v) is 9.71. The molecular weight excluding hydrogens is 451 g/mol. The maximum absolute atomic E-state index is 15.0. The third-order valence-electron chi connectivity index (χ3n) is 4.67. The van der Waals surface area contributed by atoms with E-state index in [0.717, 1.165) is 16.7 Å². The second-order valence-electron chi connectivity index (χ2n) is 6.89. The monoisotopic (exact) mass is 470 g/mol. The molecule has 1 atom stereocenters. The second-order valence-corrected chi connectivity index (χ2v) is 6.89. The molecule has 0 unspecified atom stereocenters. The Morgan fingerprint density at radius 2 is 2.06 bits per heavy atom. The summed E-state index contributed by atoms with van der Waals surface area (Å²) in [6.45, 7) is 1.76. The fourth-order valence-corrected chi connectivity index (χ4v) is 2.96. The van der Waals surface area contributed by atoms with Crippen molar-refractivity contribution in [2.24, 2.45) is 0 Å². The Morgan fingerprint density at radius 3 is 2.61 bits per heavy atom. The van der Waals surface area contributed by atoms with E-state index in [1.165, 1.54) is 24.5 Å². The number of pyridine rings is 1. The SMILES string of the molecule is CCn1c(CO)nn(-c2cc(O[C@@H](C)C(F)(F)F)c(/C(F)=C/c3cccnc3)cc2F)c1=O. The van der Waals surface area contributed by atoms with Gasteiger partial charge in [0.1, 0.15) is 29.7 Å². The maximum Gasteiger partial charge on any atom is 0.425 e. The summed E-state index contributed by atoms with van der Waals surface area (Å²) >= 11 is 0. The number of ether oxygens (including phenoxy) is 1. The Bertz CT molecular complexity index is 1220. The smallest absolute Gasteiger partial charge is 0.425 e. The molecule has 0 aliphatic carbocycles. The topological polar surface area (TPSA) is 82.2 Å². The summed E-state index contributed by atoms with van der Waals surface area (Å²) in [4.78, 5) is 16.4. The van der Waals surface area contributed by atoms with Crippen LogP contribution in [0, 0.1) is 5.82 Å². The number of halogens is 5. The van der Waals surface area contributed by atoms with Crippen molar-refractivity contribution in [3.05, 3.63) is 69.9 Å². The van der Waals surface area contributed by atoms with E-state index in [-0.39, 0.29) is 17.9 Å². The van der Waals surface area contributed by atoms with E-state index in [4.69, 9.17) is 4.74 Å². The lowest BCUT2D eigenvalue weighted by Crippen LogP contribution is -2.31. The van der Waals surface area contributed by atoms with Crippen LogP contribution in [0.5, 0.6) is 5.75 Å². The van der Waals surface area contributed by atoms with Crippen LogP contribution in [0.2, 0.25) is 0 Å². The van der Waals surface area contributed by atoms with E-state index < -0.39 is 53.2 Å². The lowest BCUT2D eigenvalue weighted by atomic mass is 10.1. The minimum atomic E-state index is -4.79. The van der Waals surface area contributed by atoms with Crippen molar-refractivity contribution >= 4 is 11.9 Å². The summed E-state index contributed by atoms with van der Waals surface area (Å²) in [5.74, 6) is -2.96. The zero-order valence-electron chi connectivity index (χ0n) is 17.5. The number of benzene rings is 1. The molecule has 33 heavy (non-hydrogen) atoms. The lowest BCUT2D eigenvalue weighted by Gasteiger charge is -2.20. The summed E-state index contributed by atoms with van der Waals surface area (Å²) in [5.41, 5.74) is -1.72. The van der Waals surface area contributed by atoms with E-state index in [0.29, 0.717) is 17.7 Å². The van der Waals surface area contributed by atoms with Gasteiger partial charge in [0.05, 0.1) is 5.56 Å². The molecule has 0 spiro atoms. The van der Waals surface area contributed by atoms with E-state index in [9.17, 15) is 31.9 Å². The molecule has 12 heteroatoms. The van der Waals surface area contributed by atoms with Crippen molar-refractivity contribution in [3.8, 4) is 11.4 Å². The average Bonchev–Trinajstić information content (AvgIpc) is 3.09. The van der Waals surface area contributed by atoms with Crippen LogP contribution in [0.15, 0.2) is 41.5 Å². The Kier molecular flexibility index (Phi) is 6.96. The molecule has 7 nitrogen and oxygen atoms in total. The van der Waals surface area contributed by atoms with E-state index >= 15 is 0 Å². The number of aliphatic hydroxyl groups is 1. The summed E-state index contributed by atoms with van der Waals surface area (Å²) in [5, 5.41) is 13.2. The fourth-order valence-electron chi connectivity index (χ4n) is 2.96. The van der Waals surface area contributed by atoms with Crippen LogP contribution in [0.4, 0.5) is 22.0 Å². The summed E-state index contributed by atoms with van der Waals surface area (Å²) in [6, 6.07) is 4.38. The molecule has 3 rings (SSSR count). The van der Waals surface area contributed by atoms with Crippen molar-refractivity contribution in [2.45, 2.75) is 39.3 Å². The molecule has 0 saturated carbocycles. The van der Waals surface area contributed by atoms with Crippen LogP contribution in [0.25, 0.3) is 17.6 Å². The van der Waals surface area contributed by atoms with Gasteiger partial charge in [-0.05, 0) is 37.6 Å². The van der Waals surface area contributed by atoms with E-state index in [1.54, 1.807) is 6.92 Å². The Balaban J connectivity index is 2.19. The average molecular weight is 470 g/mol. The maximum atomic E-state index is 15.0. The van der Waals surface area contributed by atoms with Gasteiger partial charge in [0, 0.05) is 25.0 Å². The standard InChI is InChI=1S/C21H19F5N4O3/c1-3-29-19(11-31)28-30(20(29)32)17-9-18(33-12(2)21(24,25)26)14(8-16(17)23)15(22)7-13-5-4-6-27-10-13/h4-10,12,31H,3,11H2,1-2H3/b15-7-/t12-/m0/s1. The largest absolute Gasteiger partial charge is 0.480 e. The number of aliphatic hydroxyl groups excluding tert-OH is 1. The first-order valence-electron chi connectivity index (χ1n) is 9.71. The number of hydrogen-bond acceptors (Lipinski definition) is 5. The van der Waals surface area contributed by atoms with Crippen molar-refractivity contribution in [3.63, 3.8) is 0 Å². The van der Waals surface area contributed by atoms with Gasteiger partial charge in [0.15, 0.2) is 11.9 Å². The molecule has 0 radical (unpaired) electrons. The molecule has 0 aliphatic heterocycles. The fraction of sp³-hybridized carbons (Fsp3) is 0.286. The summed E-state index contributed by atoms with van der Waals surface area (Å²) in [7, 11) is 0. The van der Waals surface area contributed by atoms with Crippen LogP contribution >= 0.6 is 0 Å². The summed E-state index contributed by atoms with van der Waals surface area (Å²) < 4.78 is 75.8. The zero-order valence-corrected chi connectivity index (χ0v) is 17.5. The molecule has 0 fully saturated rings. The predicted octanol–water partition coefficient (Wildman–Crippen LogP) is 3.88. The minimum absolute atomic E-state index is 0.0836. The molecule has 2 heterocycles. The molecular formula is C21H19F5N4O3. The second kappa shape index (κ2) is 9.53. The molecule has 1 N–H and O–H groups in total. The third kappa shape index (κ3) is 5.11. The quantitative estimate of drug-likeness (QED) is 0.530. The van der Waals surface area contributed by atoms with Crippen molar-refractivity contribution in [1.82, 2.24) is 19.3 Å². The van der Waals surface area contributed by atoms with E-state index in [2.05, 4.69) is 10.1 Å². The first kappa shape index (κ1) is 24.1. The molecule has 2 aromatic heterocycles. The molecule has 0 saturated heterocycles. The van der Waals surface area contributed by atoms with Gasteiger partial charge < -0.3 is 9.84 Å². The van der Waals surface area contributed by atoms with Crippen LogP contribution in [0.3, 0.4) is 0 Å². The summed E-state index contributed by atoms with van der Waals surface area (Å²) in [6.07, 6.45) is -3.46. The van der Waals surface area contributed by atoms with Crippen LogP contribution in [-0.4, -0.2) is 36.7 Å². The lowest BCUT2D eigenvalue weighted by molar-refractivity contribution is -0.189. The highest BCUT2D eigenvalue weighted by atomic mass is 19.4. The normalized spacial score (nSPS) is 13.3. The number of alkyl halides is 3. The van der Waals surface area contributed by atoms with Crippen LogP contribution in [0.1, 0.15) is 30.8 Å². The van der Waals surface area contributed by atoms with Crippen LogP contribution in [-0.2, 0) is 13.2 Å². The van der Waals surface area contributed by atoms with Gasteiger partial charge in [-0.3, -0.25) is 9.55 Å². The van der Waals surface area contributed by atoms with Gasteiger partial charge >= 0.3 is 11.9 Å². The Hall–Kier alpha value is -3.54. The van der Waals surface area contributed by atoms with Gasteiger partial charge in [-0.1, -0.05) is 6.07 Å². The molecule has 176 valence electrons. The molecule has 3 aromatic rings. The van der Waals surface area contributed by atoms with Crippen molar-refractivity contribution in [1.29, 1.82) is 0 Å². The van der Waals surface area contributed by atoms with Gasteiger partial charge in [-0.15, -0.1) is 5.10 Å². The predicted molar refractivity (Wildman–Crippen MR) is 109 cm³/mol. The highest BCUT2D eigenvalue weighted by Gasteiger charge is 2.38. The molecule has 1 aromatic carbocycles.